The predicted molar refractivity (Wildman–Crippen MR) is 135 cm³/mol. The molecule has 10 heteroatoms. The summed E-state index contributed by atoms with van der Waals surface area (Å²) in [5.41, 5.74) is 1.76. The fourth-order valence-electron chi connectivity index (χ4n) is 4.79. The normalized spacial score (nSPS) is 20.8. The Labute approximate surface area is 217 Å². The van der Waals surface area contributed by atoms with Gasteiger partial charge in [0.05, 0.1) is 31.0 Å². The lowest BCUT2D eigenvalue weighted by atomic mass is 9.90. The van der Waals surface area contributed by atoms with E-state index in [-0.39, 0.29) is 27.6 Å². The molecule has 0 N–H and O–H groups in total. The maximum absolute atomic E-state index is 14.0. The van der Waals surface area contributed by atoms with Gasteiger partial charge in [-0.2, -0.15) is 0 Å². The molecule has 3 unspecified atom stereocenters. The van der Waals surface area contributed by atoms with Crippen molar-refractivity contribution in [3.8, 4) is 0 Å². The number of anilines is 2. The van der Waals surface area contributed by atoms with Crippen molar-refractivity contribution in [2.45, 2.75) is 26.0 Å². The summed E-state index contributed by atoms with van der Waals surface area (Å²) in [6.45, 7) is 3.36. The van der Waals surface area contributed by atoms with Crippen molar-refractivity contribution < 1.29 is 33.5 Å². The Morgan fingerprint density at radius 3 is 2.24 bits per heavy atom. The summed E-state index contributed by atoms with van der Waals surface area (Å²) in [6, 6.07) is 18.0. The number of para-hydroxylation sites is 1. The first-order valence-electron chi connectivity index (χ1n) is 11.7. The van der Waals surface area contributed by atoms with E-state index in [1.807, 2.05) is 60.7 Å². The maximum atomic E-state index is 14.0. The van der Waals surface area contributed by atoms with Crippen LogP contribution in [0.25, 0.3) is 0 Å². The highest BCUT2D eigenvalue weighted by Gasteiger charge is 2.61. The molecule has 0 bridgehead atoms. The topological polar surface area (TPSA) is 102 Å². The second-order valence-corrected chi connectivity index (χ2v) is 9.53. The molecule has 1 aromatic heterocycles. The summed E-state index contributed by atoms with van der Waals surface area (Å²) in [4.78, 5) is 60.2. The number of rotatable bonds is 6. The molecule has 0 radical (unpaired) electrons. The molecular weight excluding hydrogens is 496 g/mol. The highest BCUT2D eigenvalue weighted by Crippen LogP contribution is 2.49. The first-order chi connectivity index (χ1) is 17.9. The summed E-state index contributed by atoms with van der Waals surface area (Å²) < 4.78 is 10.0. The highest BCUT2D eigenvalue weighted by molar-refractivity contribution is 7.19. The molecule has 5 rings (SSSR count). The van der Waals surface area contributed by atoms with E-state index in [4.69, 9.17) is 14.3 Å². The van der Waals surface area contributed by atoms with Crippen molar-refractivity contribution >= 4 is 45.8 Å². The Kier molecular flexibility index (Phi) is 6.53. The molecule has 3 heterocycles. The minimum Gasteiger partial charge on any atom is -0.465 e. The Morgan fingerprint density at radius 2 is 1.62 bits per heavy atom. The van der Waals surface area contributed by atoms with Gasteiger partial charge in [0.2, 0.25) is 5.91 Å². The van der Waals surface area contributed by atoms with Crippen LogP contribution in [-0.4, -0.2) is 43.6 Å². The zero-order valence-corrected chi connectivity index (χ0v) is 21.2. The fraction of sp³-hybridized carbons (Fsp3) is 0.259. The zero-order valence-electron chi connectivity index (χ0n) is 20.4. The number of hydrogen-bond acceptors (Lipinski definition) is 9. The number of esters is 2. The number of benzene rings is 2. The highest BCUT2D eigenvalue weighted by atomic mass is 32.1. The van der Waals surface area contributed by atoms with Crippen LogP contribution in [-0.2, 0) is 23.9 Å². The third-order valence-corrected chi connectivity index (χ3v) is 7.71. The second-order valence-electron chi connectivity index (χ2n) is 8.53. The van der Waals surface area contributed by atoms with Gasteiger partial charge in [-0.1, -0.05) is 48.5 Å². The molecule has 9 nitrogen and oxygen atoms in total. The van der Waals surface area contributed by atoms with Crippen LogP contribution in [0.5, 0.6) is 0 Å². The molecule has 0 saturated carbocycles. The zero-order chi connectivity index (χ0) is 26.3. The molecular formula is C27H24N2O7S. The Morgan fingerprint density at radius 1 is 0.973 bits per heavy atom. The minimum atomic E-state index is -1.11. The number of nitrogens with zero attached hydrogens (tertiary/aromatic N) is 2. The van der Waals surface area contributed by atoms with Gasteiger partial charge in [0.15, 0.2) is 6.10 Å². The largest absolute Gasteiger partial charge is 0.465 e. The molecule has 190 valence electrons. The number of carbonyl (C=O) groups is 4. The van der Waals surface area contributed by atoms with E-state index in [0.717, 1.165) is 21.8 Å². The molecule has 2 amide bonds. The van der Waals surface area contributed by atoms with Crippen LogP contribution in [0.2, 0.25) is 0 Å². The number of methoxy groups -OCH3 is 1. The van der Waals surface area contributed by atoms with Crippen molar-refractivity contribution in [2.75, 3.05) is 23.7 Å². The summed E-state index contributed by atoms with van der Waals surface area (Å²) in [6.07, 6.45) is -1.11. The lowest BCUT2D eigenvalue weighted by Gasteiger charge is -2.28. The molecule has 2 fully saturated rings. The quantitative estimate of drug-likeness (QED) is 0.354. The van der Waals surface area contributed by atoms with Gasteiger partial charge in [-0.25, -0.2) is 19.6 Å². The van der Waals surface area contributed by atoms with Crippen LogP contribution >= 0.6 is 11.3 Å². The average molecular weight is 521 g/mol. The Balaban J connectivity index is 1.60. The van der Waals surface area contributed by atoms with Crippen LogP contribution in [0.15, 0.2) is 60.7 Å². The predicted octanol–water partition coefficient (Wildman–Crippen LogP) is 4.07. The summed E-state index contributed by atoms with van der Waals surface area (Å²) in [5.74, 6) is -3.42. The molecule has 0 aliphatic carbocycles. The molecule has 37 heavy (non-hydrogen) atoms. The second kappa shape index (κ2) is 9.79. The first kappa shape index (κ1) is 24.7. The first-order valence-corrected chi connectivity index (χ1v) is 12.5. The van der Waals surface area contributed by atoms with Gasteiger partial charge in [0, 0.05) is 0 Å². The minimum absolute atomic E-state index is 0.0200. The van der Waals surface area contributed by atoms with Crippen molar-refractivity contribution in [3.63, 3.8) is 0 Å². The Hall–Kier alpha value is -4.02. The molecule has 3 atom stereocenters. The van der Waals surface area contributed by atoms with E-state index >= 15 is 0 Å². The van der Waals surface area contributed by atoms with Gasteiger partial charge < -0.3 is 9.47 Å². The lowest BCUT2D eigenvalue weighted by molar-refractivity contribution is -0.126. The van der Waals surface area contributed by atoms with Gasteiger partial charge in [-0.3, -0.25) is 14.4 Å². The van der Waals surface area contributed by atoms with Crippen LogP contribution in [0.1, 0.15) is 44.1 Å². The van der Waals surface area contributed by atoms with Crippen LogP contribution in [0.3, 0.4) is 0 Å². The number of imide groups is 1. The Bertz CT molecular complexity index is 1370. The van der Waals surface area contributed by atoms with Gasteiger partial charge in [-0.05, 0) is 37.1 Å². The van der Waals surface area contributed by atoms with Crippen LogP contribution < -0.4 is 9.96 Å². The molecule has 3 aromatic rings. The SMILES string of the molecule is CCOC(=O)c1sc(N2C(=O)C3ON(c4ccccc4)C(c4ccccc4)C3C2=O)c(C(=O)OC)c1C. The number of hydroxylamine groups is 1. The summed E-state index contributed by atoms with van der Waals surface area (Å²) in [5, 5.41) is 1.63. The number of carbonyl (C=O) groups excluding carboxylic acids is 4. The van der Waals surface area contributed by atoms with Gasteiger partial charge in [0.25, 0.3) is 5.91 Å². The van der Waals surface area contributed by atoms with Crippen LogP contribution in [0.4, 0.5) is 10.7 Å². The van der Waals surface area contributed by atoms with E-state index in [2.05, 4.69) is 0 Å². The van der Waals surface area contributed by atoms with Crippen molar-refractivity contribution in [3.05, 3.63) is 82.2 Å². The van der Waals surface area contributed by atoms with Gasteiger partial charge in [0.1, 0.15) is 15.8 Å². The third-order valence-electron chi connectivity index (χ3n) is 6.45. The van der Waals surface area contributed by atoms with Crippen molar-refractivity contribution in [2.24, 2.45) is 5.92 Å². The smallest absolute Gasteiger partial charge is 0.348 e. The van der Waals surface area contributed by atoms with E-state index in [1.165, 1.54) is 7.11 Å². The monoisotopic (exact) mass is 520 g/mol. The molecule has 0 spiro atoms. The number of hydrogen-bond donors (Lipinski definition) is 0. The fourth-order valence-corrected chi connectivity index (χ4v) is 5.99. The van der Waals surface area contributed by atoms with E-state index in [0.29, 0.717) is 5.69 Å². The van der Waals surface area contributed by atoms with Gasteiger partial charge in [-0.15, -0.1) is 11.3 Å². The van der Waals surface area contributed by atoms with Crippen molar-refractivity contribution in [1.82, 2.24) is 0 Å². The third kappa shape index (κ3) is 3.98. The van der Waals surface area contributed by atoms with Gasteiger partial charge >= 0.3 is 11.9 Å². The molecule has 2 aliphatic rings. The average Bonchev–Trinajstić information content (AvgIpc) is 3.55. The maximum Gasteiger partial charge on any atom is 0.348 e. The molecule has 2 aromatic carbocycles. The number of thiophene rings is 1. The summed E-state index contributed by atoms with van der Waals surface area (Å²) >= 11 is 0.855. The molecule has 2 aliphatic heterocycles. The van der Waals surface area contributed by atoms with Crippen molar-refractivity contribution in [1.29, 1.82) is 0 Å². The lowest BCUT2D eigenvalue weighted by Crippen LogP contribution is -2.37. The standard InChI is InChI=1S/C27H24N2O7S/c1-4-35-27(33)22-15(2)18(26(32)34-3)25(37-22)28-23(30)19-20(16-11-7-5-8-12-16)29(36-21(19)24(28)31)17-13-9-6-10-14-17/h5-14,19-21H,4H2,1-3H3. The van der Waals surface area contributed by atoms with E-state index < -0.39 is 41.8 Å². The van der Waals surface area contributed by atoms with E-state index in [1.54, 1.807) is 18.9 Å². The number of fused-ring (bicyclic) bond motifs is 1. The number of amides is 2. The van der Waals surface area contributed by atoms with Crippen LogP contribution in [0, 0.1) is 12.8 Å². The summed E-state index contributed by atoms with van der Waals surface area (Å²) in [7, 11) is 1.20. The number of ether oxygens (including phenoxy) is 2. The molecule has 2 saturated heterocycles. The van der Waals surface area contributed by atoms with E-state index in [9.17, 15) is 19.2 Å².